The lowest BCUT2D eigenvalue weighted by Crippen LogP contribution is -2.29. The highest BCUT2D eigenvalue weighted by Crippen LogP contribution is 2.23. The molecule has 0 saturated carbocycles. The van der Waals surface area contributed by atoms with Gasteiger partial charge in [-0.1, -0.05) is 34.1 Å². The molecular formula is C15H26ClN3. The van der Waals surface area contributed by atoms with Gasteiger partial charge in [0.2, 0.25) is 0 Å². The predicted octanol–water partition coefficient (Wildman–Crippen LogP) is 4.21. The number of hydrogen-bond acceptors (Lipinski definition) is 3. The molecule has 0 N–H and O–H groups in total. The van der Waals surface area contributed by atoms with Crippen molar-refractivity contribution in [3.63, 3.8) is 0 Å². The second-order valence-corrected chi connectivity index (χ2v) is 5.67. The van der Waals surface area contributed by atoms with Gasteiger partial charge in [-0.2, -0.15) is 0 Å². The molecule has 0 aliphatic rings. The van der Waals surface area contributed by atoms with Gasteiger partial charge in [-0.3, -0.25) is 0 Å². The maximum Gasteiger partial charge on any atom is 0.131 e. The van der Waals surface area contributed by atoms with Crippen molar-refractivity contribution in [1.82, 2.24) is 9.97 Å². The van der Waals surface area contributed by atoms with Crippen molar-refractivity contribution >= 4 is 17.3 Å². The van der Waals surface area contributed by atoms with Crippen LogP contribution in [0.2, 0.25) is 0 Å². The molecule has 0 aliphatic carbocycles. The molecule has 0 aliphatic heterocycles. The van der Waals surface area contributed by atoms with Crippen molar-refractivity contribution in [2.45, 2.75) is 52.8 Å². The third-order valence-electron chi connectivity index (χ3n) is 3.46. The first-order valence-corrected chi connectivity index (χ1v) is 7.73. The summed E-state index contributed by atoms with van der Waals surface area (Å²) >= 11 is 6.06. The van der Waals surface area contributed by atoms with Crippen LogP contribution in [0.4, 0.5) is 5.69 Å². The summed E-state index contributed by atoms with van der Waals surface area (Å²) < 4.78 is 0. The molecule has 1 aromatic heterocycles. The van der Waals surface area contributed by atoms with Crippen LogP contribution in [0.15, 0.2) is 6.20 Å². The van der Waals surface area contributed by atoms with Gasteiger partial charge in [0, 0.05) is 19.0 Å². The fourth-order valence-electron chi connectivity index (χ4n) is 1.97. The van der Waals surface area contributed by atoms with Crippen molar-refractivity contribution < 1.29 is 0 Å². The minimum absolute atomic E-state index is 0.334. The Bertz CT molecular complexity index is 393. The zero-order valence-corrected chi connectivity index (χ0v) is 13.5. The molecule has 1 atom stereocenters. The van der Waals surface area contributed by atoms with Crippen LogP contribution in [0, 0.1) is 5.92 Å². The number of hydrogen-bond donors (Lipinski definition) is 0. The minimum Gasteiger partial charge on any atom is -0.369 e. The van der Waals surface area contributed by atoms with Crippen LogP contribution in [0.3, 0.4) is 0 Å². The van der Waals surface area contributed by atoms with Crippen LogP contribution < -0.4 is 4.90 Å². The van der Waals surface area contributed by atoms with Gasteiger partial charge in [-0.25, -0.2) is 9.97 Å². The first kappa shape index (κ1) is 16.2. The van der Waals surface area contributed by atoms with Gasteiger partial charge >= 0.3 is 0 Å². The van der Waals surface area contributed by atoms with Crippen LogP contribution in [0.5, 0.6) is 0 Å². The molecule has 1 heterocycles. The summed E-state index contributed by atoms with van der Waals surface area (Å²) in [6, 6.07) is 0. The van der Waals surface area contributed by atoms with Gasteiger partial charge < -0.3 is 4.90 Å². The third kappa shape index (κ3) is 4.34. The molecule has 3 nitrogen and oxygen atoms in total. The van der Waals surface area contributed by atoms with E-state index < -0.39 is 0 Å². The second kappa shape index (κ2) is 7.68. The average Bonchev–Trinajstić information content (AvgIpc) is 2.43. The zero-order valence-electron chi connectivity index (χ0n) is 12.8. The Hall–Kier alpha value is -0.830. The van der Waals surface area contributed by atoms with E-state index in [0.717, 1.165) is 30.3 Å². The lowest BCUT2D eigenvalue weighted by molar-refractivity contribution is 0.546. The summed E-state index contributed by atoms with van der Waals surface area (Å²) in [4.78, 5) is 11.4. The lowest BCUT2D eigenvalue weighted by Gasteiger charge is -2.27. The Labute approximate surface area is 122 Å². The summed E-state index contributed by atoms with van der Waals surface area (Å²) in [5, 5.41) is 0. The number of anilines is 1. The fraction of sp³-hybridized carbons (Fsp3) is 0.733. The summed E-state index contributed by atoms with van der Waals surface area (Å²) in [5.74, 6) is 2.31. The van der Waals surface area contributed by atoms with Gasteiger partial charge in [-0.05, 0) is 12.8 Å². The van der Waals surface area contributed by atoms with E-state index in [2.05, 4.69) is 49.5 Å². The Morgan fingerprint density at radius 2 is 1.95 bits per heavy atom. The van der Waals surface area contributed by atoms with Crippen LogP contribution in [-0.2, 0) is 5.88 Å². The van der Waals surface area contributed by atoms with E-state index in [1.54, 1.807) is 0 Å². The van der Waals surface area contributed by atoms with Gasteiger partial charge in [0.1, 0.15) is 5.82 Å². The largest absolute Gasteiger partial charge is 0.369 e. The number of aromatic nitrogens is 2. The molecule has 0 amide bonds. The van der Waals surface area contributed by atoms with Crippen LogP contribution in [-0.4, -0.2) is 23.1 Å². The normalized spacial score (nSPS) is 12.8. The number of halogens is 1. The monoisotopic (exact) mass is 283 g/mol. The maximum absolute atomic E-state index is 6.06. The summed E-state index contributed by atoms with van der Waals surface area (Å²) in [6.45, 7) is 12.8. The number of alkyl halides is 1. The van der Waals surface area contributed by atoms with Crippen molar-refractivity contribution in [3.05, 3.63) is 17.7 Å². The molecule has 4 heteroatoms. The molecule has 0 aromatic carbocycles. The van der Waals surface area contributed by atoms with Crippen LogP contribution in [0.25, 0.3) is 0 Å². The molecule has 0 saturated heterocycles. The molecule has 1 rings (SSSR count). The predicted molar refractivity (Wildman–Crippen MR) is 83.0 cm³/mol. The Morgan fingerprint density at radius 3 is 2.42 bits per heavy atom. The lowest BCUT2D eigenvalue weighted by atomic mass is 10.1. The molecule has 1 aromatic rings. The molecule has 0 spiro atoms. The molecule has 0 bridgehead atoms. The third-order valence-corrected chi connectivity index (χ3v) is 3.71. The summed E-state index contributed by atoms with van der Waals surface area (Å²) in [5.41, 5.74) is 2.03. The molecule has 0 fully saturated rings. The number of nitrogens with zero attached hydrogens (tertiary/aromatic N) is 3. The Balaban J connectivity index is 3.02. The van der Waals surface area contributed by atoms with Crippen molar-refractivity contribution in [2.24, 2.45) is 5.92 Å². The Kier molecular flexibility index (Phi) is 6.56. The second-order valence-electron chi connectivity index (χ2n) is 5.40. The SMILES string of the molecule is CCC(C)CN(CC)c1cnc(C(C)C)nc1CCl. The van der Waals surface area contributed by atoms with Gasteiger partial charge in [0.25, 0.3) is 0 Å². The maximum atomic E-state index is 6.06. The van der Waals surface area contributed by atoms with E-state index in [0.29, 0.717) is 17.7 Å². The van der Waals surface area contributed by atoms with Crippen LogP contribution >= 0.6 is 11.6 Å². The zero-order chi connectivity index (χ0) is 14.4. The summed E-state index contributed by atoms with van der Waals surface area (Å²) in [7, 11) is 0. The topological polar surface area (TPSA) is 29.0 Å². The smallest absolute Gasteiger partial charge is 0.131 e. The standard InChI is InChI=1S/C15H26ClN3/c1-6-12(5)10-19(7-2)14-9-17-15(11(3)4)18-13(14)8-16/h9,11-12H,6-8,10H2,1-5H3. The first-order chi connectivity index (χ1) is 9.03. The fourth-order valence-corrected chi connectivity index (χ4v) is 2.17. The van der Waals surface area contributed by atoms with E-state index >= 15 is 0 Å². The highest BCUT2D eigenvalue weighted by atomic mass is 35.5. The van der Waals surface area contributed by atoms with E-state index in [9.17, 15) is 0 Å². The van der Waals surface area contributed by atoms with Gasteiger partial charge in [0.15, 0.2) is 0 Å². The summed E-state index contributed by atoms with van der Waals surface area (Å²) in [6.07, 6.45) is 3.11. The minimum atomic E-state index is 0.334. The van der Waals surface area contributed by atoms with Crippen molar-refractivity contribution in [1.29, 1.82) is 0 Å². The quantitative estimate of drug-likeness (QED) is 0.702. The van der Waals surface area contributed by atoms with E-state index in [4.69, 9.17) is 11.6 Å². The highest BCUT2D eigenvalue weighted by Gasteiger charge is 2.15. The first-order valence-electron chi connectivity index (χ1n) is 7.20. The van der Waals surface area contributed by atoms with Crippen molar-refractivity contribution in [3.8, 4) is 0 Å². The molecule has 19 heavy (non-hydrogen) atoms. The van der Waals surface area contributed by atoms with Gasteiger partial charge in [-0.15, -0.1) is 11.6 Å². The Morgan fingerprint density at radius 1 is 1.26 bits per heavy atom. The van der Waals surface area contributed by atoms with E-state index in [-0.39, 0.29) is 0 Å². The van der Waals surface area contributed by atoms with E-state index in [1.165, 1.54) is 6.42 Å². The number of rotatable bonds is 7. The molecule has 108 valence electrons. The molecular weight excluding hydrogens is 258 g/mol. The average molecular weight is 284 g/mol. The highest BCUT2D eigenvalue weighted by molar-refractivity contribution is 6.17. The molecule has 1 unspecified atom stereocenters. The van der Waals surface area contributed by atoms with Crippen molar-refractivity contribution in [2.75, 3.05) is 18.0 Å². The van der Waals surface area contributed by atoms with Gasteiger partial charge in [0.05, 0.1) is 23.5 Å². The molecule has 0 radical (unpaired) electrons. The van der Waals surface area contributed by atoms with Crippen LogP contribution in [0.1, 0.15) is 58.5 Å². The van der Waals surface area contributed by atoms with E-state index in [1.807, 2.05) is 6.20 Å².